The molecule has 1 aliphatic heterocycles. The van der Waals surface area contributed by atoms with Crippen molar-refractivity contribution in [3.8, 4) is 0 Å². The number of rotatable bonds is 2. The van der Waals surface area contributed by atoms with Crippen LogP contribution >= 0.6 is 0 Å². The second kappa shape index (κ2) is 4.29. The van der Waals surface area contributed by atoms with Crippen molar-refractivity contribution >= 4 is 11.8 Å². The van der Waals surface area contributed by atoms with E-state index in [2.05, 4.69) is 41.1 Å². The average molecular weight is 188 g/mol. The summed E-state index contributed by atoms with van der Waals surface area (Å²) in [5.41, 5.74) is 2.50. The Morgan fingerprint density at radius 1 is 1.14 bits per heavy atom. The zero-order valence-electron chi connectivity index (χ0n) is 8.37. The van der Waals surface area contributed by atoms with Crippen LogP contribution in [-0.2, 0) is 0 Å². The fraction of sp³-hybridized carbons (Fsp3) is 0.333. The Hall–Kier alpha value is -1.28. The number of benzene rings is 1. The van der Waals surface area contributed by atoms with E-state index in [1.165, 1.54) is 11.3 Å². The molecule has 0 amide bonds. The van der Waals surface area contributed by atoms with Gasteiger partial charge in [0.25, 0.3) is 0 Å². The third-order valence-electron chi connectivity index (χ3n) is 2.61. The van der Waals surface area contributed by atoms with Crippen molar-refractivity contribution in [2.24, 2.45) is 0 Å². The molecule has 14 heavy (non-hydrogen) atoms. The molecule has 1 aromatic carbocycles. The molecule has 0 bridgehead atoms. The molecule has 1 fully saturated rings. The van der Waals surface area contributed by atoms with Crippen molar-refractivity contribution in [3.63, 3.8) is 0 Å². The molecule has 2 nitrogen and oxygen atoms in total. The van der Waals surface area contributed by atoms with Crippen LogP contribution in [0.25, 0.3) is 6.08 Å². The van der Waals surface area contributed by atoms with Crippen LogP contribution in [0.15, 0.2) is 30.8 Å². The van der Waals surface area contributed by atoms with Gasteiger partial charge >= 0.3 is 0 Å². The molecule has 1 aliphatic rings. The molecule has 0 spiro atoms. The van der Waals surface area contributed by atoms with Crippen LogP contribution in [0.5, 0.6) is 0 Å². The summed E-state index contributed by atoms with van der Waals surface area (Å²) in [5, 5.41) is 3.35. The van der Waals surface area contributed by atoms with Crippen molar-refractivity contribution in [2.45, 2.75) is 0 Å². The third kappa shape index (κ3) is 1.96. The molecule has 0 aliphatic carbocycles. The summed E-state index contributed by atoms with van der Waals surface area (Å²) < 4.78 is 0. The maximum Gasteiger partial charge on any atom is 0.0367 e. The van der Waals surface area contributed by atoms with Crippen LogP contribution in [0.1, 0.15) is 5.56 Å². The molecular weight excluding hydrogens is 172 g/mol. The molecule has 0 atom stereocenters. The Balaban J connectivity index is 2.11. The molecule has 2 rings (SSSR count). The first-order chi connectivity index (χ1) is 6.90. The molecule has 2 heteroatoms. The standard InChI is InChI=1S/C12H16N2/c1-2-11-3-5-12(6-4-11)14-9-7-13-8-10-14/h2-6,13H,1,7-10H2. The number of hydrogen-bond donors (Lipinski definition) is 1. The Kier molecular flexibility index (Phi) is 2.84. The van der Waals surface area contributed by atoms with Gasteiger partial charge in [0.2, 0.25) is 0 Å². The van der Waals surface area contributed by atoms with Crippen LogP contribution in [0.2, 0.25) is 0 Å². The summed E-state index contributed by atoms with van der Waals surface area (Å²) in [4.78, 5) is 2.41. The normalized spacial score (nSPS) is 16.7. The van der Waals surface area contributed by atoms with Crippen molar-refractivity contribution in [2.75, 3.05) is 31.1 Å². The van der Waals surface area contributed by atoms with Crippen molar-refractivity contribution < 1.29 is 0 Å². The molecule has 1 aromatic rings. The zero-order chi connectivity index (χ0) is 9.80. The molecular formula is C12H16N2. The Morgan fingerprint density at radius 3 is 2.36 bits per heavy atom. The fourth-order valence-electron chi connectivity index (χ4n) is 1.74. The molecule has 1 heterocycles. The van der Waals surface area contributed by atoms with Crippen LogP contribution in [0.4, 0.5) is 5.69 Å². The van der Waals surface area contributed by atoms with Gasteiger partial charge in [-0.2, -0.15) is 0 Å². The van der Waals surface area contributed by atoms with E-state index in [1.807, 2.05) is 6.08 Å². The van der Waals surface area contributed by atoms with Crippen LogP contribution in [0, 0.1) is 0 Å². The van der Waals surface area contributed by atoms with E-state index in [-0.39, 0.29) is 0 Å². The third-order valence-corrected chi connectivity index (χ3v) is 2.61. The predicted molar refractivity (Wildman–Crippen MR) is 61.6 cm³/mol. The summed E-state index contributed by atoms with van der Waals surface area (Å²) in [6.45, 7) is 8.13. The Labute approximate surface area is 85.2 Å². The van der Waals surface area contributed by atoms with Gasteiger partial charge < -0.3 is 10.2 Å². The number of nitrogens with zero attached hydrogens (tertiary/aromatic N) is 1. The number of hydrogen-bond acceptors (Lipinski definition) is 2. The smallest absolute Gasteiger partial charge is 0.0367 e. The largest absolute Gasteiger partial charge is 0.369 e. The van der Waals surface area contributed by atoms with E-state index in [1.54, 1.807) is 0 Å². The number of anilines is 1. The lowest BCUT2D eigenvalue weighted by Crippen LogP contribution is -2.43. The van der Waals surface area contributed by atoms with Crippen LogP contribution in [0.3, 0.4) is 0 Å². The first-order valence-electron chi connectivity index (χ1n) is 5.08. The summed E-state index contributed by atoms with van der Waals surface area (Å²) in [5.74, 6) is 0. The molecule has 0 aromatic heterocycles. The minimum Gasteiger partial charge on any atom is -0.369 e. The van der Waals surface area contributed by atoms with Gasteiger partial charge in [0.05, 0.1) is 0 Å². The average Bonchev–Trinajstić information content (AvgIpc) is 2.30. The highest BCUT2D eigenvalue weighted by Crippen LogP contribution is 2.15. The minimum atomic E-state index is 1.09. The second-order valence-electron chi connectivity index (χ2n) is 3.53. The first-order valence-corrected chi connectivity index (χ1v) is 5.08. The van der Waals surface area contributed by atoms with E-state index in [0.717, 1.165) is 26.2 Å². The maximum absolute atomic E-state index is 3.75. The van der Waals surface area contributed by atoms with E-state index < -0.39 is 0 Å². The Morgan fingerprint density at radius 2 is 1.79 bits per heavy atom. The van der Waals surface area contributed by atoms with Gasteiger partial charge in [0, 0.05) is 31.9 Å². The molecule has 0 radical (unpaired) electrons. The summed E-state index contributed by atoms with van der Waals surface area (Å²) in [7, 11) is 0. The molecule has 1 saturated heterocycles. The molecule has 74 valence electrons. The van der Waals surface area contributed by atoms with Crippen molar-refractivity contribution in [1.29, 1.82) is 0 Å². The highest BCUT2D eigenvalue weighted by Gasteiger charge is 2.09. The fourth-order valence-corrected chi connectivity index (χ4v) is 1.74. The topological polar surface area (TPSA) is 15.3 Å². The van der Waals surface area contributed by atoms with Gasteiger partial charge in [-0.1, -0.05) is 24.8 Å². The first kappa shape index (κ1) is 9.28. The summed E-state index contributed by atoms with van der Waals surface area (Å²) in [6, 6.07) is 8.57. The van der Waals surface area contributed by atoms with Crippen molar-refractivity contribution in [3.05, 3.63) is 36.4 Å². The highest BCUT2D eigenvalue weighted by molar-refractivity contribution is 5.55. The Bertz CT molecular complexity index is 297. The van der Waals surface area contributed by atoms with Crippen LogP contribution < -0.4 is 10.2 Å². The number of piperazine rings is 1. The molecule has 0 unspecified atom stereocenters. The highest BCUT2D eigenvalue weighted by atomic mass is 15.2. The lowest BCUT2D eigenvalue weighted by Gasteiger charge is -2.29. The van der Waals surface area contributed by atoms with Gasteiger partial charge in [-0.05, 0) is 17.7 Å². The van der Waals surface area contributed by atoms with E-state index in [4.69, 9.17) is 0 Å². The van der Waals surface area contributed by atoms with Gasteiger partial charge in [-0.3, -0.25) is 0 Å². The van der Waals surface area contributed by atoms with Crippen molar-refractivity contribution in [1.82, 2.24) is 5.32 Å². The van der Waals surface area contributed by atoms with Gasteiger partial charge in [0.1, 0.15) is 0 Å². The monoisotopic (exact) mass is 188 g/mol. The predicted octanol–water partition coefficient (Wildman–Crippen LogP) is 1.74. The van der Waals surface area contributed by atoms with E-state index >= 15 is 0 Å². The summed E-state index contributed by atoms with van der Waals surface area (Å²) >= 11 is 0. The lowest BCUT2D eigenvalue weighted by atomic mass is 10.2. The van der Waals surface area contributed by atoms with E-state index in [0.29, 0.717) is 0 Å². The van der Waals surface area contributed by atoms with Crippen LogP contribution in [-0.4, -0.2) is 26.2 Å². The molecule has 1 N–H and O–H groups in total. The lowest BCUT2D eigenvalue weighted by molar-refractivity contribution is 0.589. The van der Waals surface area contributed by atoms with Gasteiger partial charge in [0.15, 0.2) is 0 Å². The molecule has 0 saturated carbocycles. The second-order valence-corrected chi connectivity index (χ2v) is 3.53. The zero-order valence-corrected chi connectivity index (χ0v) is 8.37. The van der Waals surface area contributed by atoms with Gasteiger partial charge in [-0.15, -0.1) is 0 Å². The number of nitrogens with one attached hydrogen (secondary N) is 1. The summed E-state index contributed by atoms with van der Waals surface area (Å²) in [6.07, 6.45) is 1.88. The SMILES string of the molecule is C=Cc1ccc(N2CCNCC2)cc1. The maximum atomic E-state index is 3.75. The van der Waals surface area contributed by atoms with Gasteiger partial charge in [-0.25, -0.2) is 0 Å². The minimum absolute atomic E-state index is 1.09. The quantitative estimate of drug-likeness (QED) is 0.760. The van der Waals surface area contributed by atoms with E-state index in [9.17, 15) is 0 Å².